The Hall–Kier alpha value is -2.62. The first-order valence-electron chi connectivity index (χ1n) is 6.10. The lowest BCUT2D eigenvalue weighted by molar-refractivity contribution is 0.0696. The van der Waals surface area contributed by atoms with Crippen molar-refractivity contribution >= 4 is 11.8 Å². The van der Waals surface area contributed by atoms with Gasteiger partial charge in [-0.3, -0.25) is 4.79 Å². The monoisotopic (exact) mass is 270 g/mol. The molecule has 4 nitrogen and oxygen atoms in total. The zero-order valence-electron chi connectivity index (χ0n) is 11.2. The summed E-state index contributed by atoms with van der Waals surface area (Å²) in [4.78, 5) is 22.1. The van der Waals surface area contributed by atoms with E-state index in [9.17, 15) is 9.59 Å². The number of aryl methyl sites for hydroxylation is 1. The fourth-order valence-corrected chi connectivity index (χ4v) is 1.73. The van der Waals surface area contributed by atoms with Crippen molar-refractivity contribution in [3.63, 3.8) is 0 Å². The Balaban J connectivity index is 2.27. The van der Waals surface area contributed by atoms with Gasteiger partial charge in [0.25, 0.3) is 0 Å². The SMILES string of the molecule is CC(=O)c1ccc(Oc2cc(C(=O)O)ccc2C)cc1. The van der Waals surface area contributed by atoms with Crippen LogP contribution < -0.4 is 4.74 Å². The Morgan fingerprint density at radius 1 is 1.00 bits per heavy atom. The molecule has 0 aliphatic heterocycles. The second-order valence-corrected chi connectivity index (χ2v) is 4.47. The maximum Gasteiger partial charge on any atom is 0.335 e. The van der Waals surface area contributed by atoms with Crippen LogP contribution in [0.5, 0.6) is 11.5 Å². The van der Waals surface area contributed by atoms with Gasteiger partial charge in [-0.2, -0.15) is 0 Å². The van der Waals surface area contributed by atoms with Crippen LogP contribution in [0.1, 0.15) is 33.2 Å². The molecule has 102 valence electrons. The molecule has 0 unspecified atom stereocenters. The summed E-state index contributed by atoms with van der Waals surface area (Å²) in [5.74, 6) is 0.0310. The minimum Gasteiger partial charge on any atom is -0.478 e. The van der Waals surface area contributed by atoms with Crippen molar-refractivity contribution in [1.82, 2.24) is 0 Å². The summed E-state index contributed by atoms with van der Waals surface area (Å²) < 4.78 is 5.66. The molecular weight excluding hydrogens is 256 g/mol. The Morgan fingerprint density at radius 3 is 2.15 bits per heavy atom. The van der Waals surface area contributed by atoms with Crippen LogP contribution in [0.2, 0.25) is 0 Å². The van der Waals surface area contributed by atoms with Crippen molar-refractivity contribution in [3.8, 4) is 11.5 Å². The van der Waals surface area contributed by atoms with E-state index in [0.29, 0.717) is 17.1 Å². The van der Waals surface area contributed by atoms with E-state index in [1.54, 1.807) is 30.3 Å². The van der Waals surface area contributed by atoms with Gasteiger partial charge >= 0.3 is 5.97 Å². The van der Waals surface area contributed by atoms with Crippen LogP contribution in [0.4, 0.5) is 0 Å². The summed E-state index contributed by atoms with van der Waals surface area (Å²) in [6.45, 7) is 3.33. The van der Waals surface area contributed by atoms with Crippen LogP contribution in [-0.4, -0.2) is 16.9 Å². The van der Waals surface area contributed by atoms with E-state index in [-0.39, 0.29) is 11.3 Å². The minimum atomic E-state index is -0.998. The first-order chi connectivity index (χ1) is 9.47. The van der Waals surface area contributed by atoms with Crippen LogP contribution in [0.15, 0.2) is 42.5 Å². The fraction of sp³-hybridized carbons (Fsp3) is 0.125. The number of aromatic carboxylic acids is 1. The van der Waals surface area contributed by atoms with E-state index in [4.69, 9.17) is 9.84 Å². The second kappa shape index (κ2) is 5.57. The minimum absolute atomic E-state index is 0.0133. The van der Waals surface area contributed by atoms with Gasteiger partial charge in [0.2, 0.25) is 0 Å². The van der Waals surface area contributed by atoms with Gasteiger partial charge in [0, 0.05) is 5.56 Å². The Morgan fingerprint density at radius 2 is 1.60 bits per heavy atom. The van der Waals surface area contributed by atoms with Crippen LogP contribution >= 0.6 is 0 Å². The highest BCUT2D eigenvalue weighted by Gasteiger charge is 2.08. The summed E-state index contributed by atoms with van der Waals surface area (Å²) >= 11 is 0. The van der Waals surface area contributed by atoms with Gasteiger partial charge in [-0.1, -0.05) is 6.07 Å². The van der Waals surface area contributed by atoms with Crippen molar-refractivity contribution in [1.29, 1.82) is 0 Å². The molecule has 0 bridgehead atoms. The average molecular weight is 270 g/mol. The van der Waals surface area contributed by atoms with Crippen LogP contribution in [0, 0.1) is 6.92 Å². The van der Waals surface area contributed by atoms with Gasteiger partial charge in [-0.05, 0) is 55.8 Å². The Bertz CT molecular complexity index is 657. The molecule has 0 heterocycles. The smallest absolute Gasteiger partial charge is 0.335 e. The van der Waals surface area contributed by atoms with Crippen molar-refractivity contribution < 1.29 is 19.4 Å². The number of ether oxygens (including phenoxy) is 1. The molecule has 0 aliphatic carbocycles. The zero-order valence-corrected chi connectivity index (χ0v) is 11.2. The fourth-order valence-electron chi connectivity index (χ4n) is 1.73. The van der Waals surface area contributed by atoms with Crippen molar-refractivity contribution in [2.45, 2.75) is 13.8 Å². The number of ketones is 1. The lowest BCUT2D eigenvalue weighted by Gasteiger charge is -2.09. The third kappa shape index (κ3) is 3.03. The quantitative estimate of drug-likeness (QED) is 0.860. The molecule has 0 spiro atoms. The van der Waals surface area contributed by atoms with E-state index in [1.807, 2.05) is 6.92 Å². The van der Waals surface area contributed by atoms with Gasteiger partial charge in [0.1, 0.15) is 11.5 Å². The standard InChI is InChI=1S/C16H14O4/c1-10-3-4-13(16(18)19)9-15(10)20-14-7-5-12(6-8-14)11(2)17/h3-9H,1-2H3,(H,18,19). The maximum absolute atomic E-state index is 11.2. The summed E-state index contributed by atoms with van der Waals surface area (Å²) in [7, 11) is 0. The highest BCUT2D eigenvalue weighted by Crippen LogP contribution is 2.26. The number of carboxylic acids is 1. The number of carbonyl (C=O) groups excluding carboxylic acids is 1. The molecule has 0 fully saturated rings. The molecule has 0 saturated carbocycles. The zero-order chi connectivity index (χ0) is 14.7. The van der Waals surface area contributed by atoms with E-state index in [0.717, 1.165) is 5.56 Å². The van der Waals surface area contributed by atoms with Crippen LogP contribution in [0.3, 0.4) is 0 Å². The van der Waals surface area contributed by atoms with Crippen LogP contribution in [-0.2, 0) is 0 Å². The Labute approximate surface area is 116 Å². The highest BCUT2D eigenvalue weighted by molar-refractivity contribution is 5.94. The molecule has 0 saturated heterocycles. The topological polar surface area (TPSA) is 63.6 Å². The second-order valence-electron chi connectivity index (χ2n) is 4.47. The molecule has 2 rings (SSSR count). The predicted octanol–water partition coefficient (Wildman–Crippen LogP) is 3.69. The number of benzene rings is 2. The van der Waals surface area contributed by atoms with Gasteiger partial charge in [0.15, 0.2) is 5.78 Å². The molecule has 1 N–H and O–H groups in total. The number of rotatable bonds is 4. The third-order valence-corrected chi connectivity index (χ3v) is 2.92. The highest BCUT2D eigenvalue weighted by atomic mass is 16.5. The molecule has 4 heteroatoms. The van der Waals surface area contributed by atoms with Crippen molar-refractivity contribution in [2.24, 2.45) is 0 Å². The Kier molecular flexibility index (Phi) is 3.84. The first-order valence-corrected chi connectivity index (χ1v) is 6.10. The third-order valence-electron chi connectivity index (χ3n) is 2.92. The largest absolute Gasteiger partial charge is 0.478 e. The van der Waals surface area contributed by atoms with Crippen LogP contribution in [0.25, 0.3) is 0 Å². The molecular formula is C16H14O4. The average Bonchev–Trinajstić information content (AvgIpc) is 2.41. The van der Waals surface area contributed by atoms with Gasteiger partial charge < -0.3 is 9.84 Å². The first kappa shape index (κ1) is 13.8. The lowest BCUT2D eigenvalue weighted by atomic mass is 10.1. The van der Waals surface area contributed by atoms with Crippen molar-refractivity contribution in [2.75, 3.05) is 0 Å². The van der Waals surface area contributed by atoms with E-state index in [1.165, 1.54) is 19.1 Å². The number of carbonyl (C=O) groups is 2. The summed E-state index contributed by atoms with van der Waals surface area (Å²) in [6.07, 6.45) is 0. The van der Waals surface area contributed by atoms with Gasteiger partial charge in [-0.25, -0.2) is 4.79 Å². The number of Topliss-reactive ketones (excluding diaryl/α,β-unsaturated/α-hetero) is 1. The van der Waals surface area contributed by atoms with E-state index in [2.05, 4.69) is 0 Å². The lowest BCUT2D eigenvalue weighted by Crippen LogP contribution is -1.98. The molecule has 0 atom stereocenters. The van der Waals surface area contributed by atoms with Gasteiger partial charge in [-0.15, -0.1) is 0 Å². The summed E-state index contributed by atoms with van der Waals surface area (Å²) in [5, 5.41) is 8.97. The number of carboxylic acid groups (broad SMARTS) is 1. The predicted molar refractivity (Wildman–Crippen MR) is 74.7 cm³/mol. The number of hydrogen-bond acceptors (Lipinski definition) is 3. The number of hydrogen-bond donors (Lipinski definition) is 1. The molecule has 0 aromatic heterocycles. The molecule has 0 aliphatic rings. The molecule has 20 heavy (non-hydrogen) atoms. The maximum atomic E-state index is 11.2. The normalized spacial score (nSPS) is 10.1. The molecule has 0 amide bonds. The molecule has 0 radical (unpaired) electrons. The van der Waals surface area contributed by atoms with E-state index < -0.39 is 5.97 Å². The summed E-state index contributed by atoms with van der Waals surface area (Å²) in [6, 6.07) is 11.4. The molecule has 2 aromatic carbocycles. The molecule has 2 aromatic rings. The van der Waals surface area contributed by atoms with Crippen molar-refractivity contribution in [3.05, 3.63) is 59.2 Å². The van der Waals surface area contributed by atoms with Gasteiger partial charge in [0.05, 0.1) is 5.56 Å². The summed E-state index contributed by atoms with van der Waals surface area (Å²) in [5.41, 5.74) is 1.62. The van der Waals surface area contributed by atoms with E-state index >= 15 is 0 Å².